The Morgan fingerprint density at radius 2 is 1.16 bits per heavy atom. The Kier molecular flexibility index (Phi) is 8.67. The summed E-state index contributed by atoms with van der Waals surface area (Å²) in [5, 5.41) is 5.41. The molecule has 0 aromatic heterocycles. The van der Waals surface area contributed by atoms with E-state index in [-0.39, 0.29) is 24.9 Å². The second-order valence-corrected chi connectivity index (χ2v) is 6.68. The van der Waals surface area contributed by atoms with Crippen LogP contribution in [0.5, 0.6) is 0 Å². The molecule has 0 saturated heterocycles. The molecule has 6 N–H and O–H groups in total. The van der Waals surface area contributed by atoms with Gasteiger partial charge >= 0.3 is 0 Å². The number of nitrogens with one attached hydrogen (secondary N) is 2. The molecule has 2 aromatic rings. The van der Waals surface area contributed by atoms with Gasteiger partial charge in [0.1, 0.15) is 0 Å². The van der Waals surface area contributed by atoms with Gasteiger partial charge in [-0.3, -0.25) is 24.1 Å². The van der Waals surface area contributed by atoms with Crippen LogP contribution in [0.25, 0.3) is 0 Å². The number of primary amides is 2. The van der Waals surface area contributed by atoms with Crippen LogP contribution in [-0.2, 0) is 14.3 Å². The molecule has 2 rings (SSSR count). The van der Waals surface area contributed by atoms with Crippen molar-refractivity contribution in [3.63, 3.8) is 0 Å². The molecule has 0 spiro atoms. The molecule has 0 radical (unpaired) electrons. The number of nitrogens with two attached hydrogens (primary N) is 2. The van der Waals surface area contributed by atoms with Crippen LogP contribution in [0.1, 0.15) is 20.7 Å². The van der Waals surface area contributed by atoms with Crippen molar-refractivity contribution >= 4 is 35.0 Å². The Morgan fingerprint density at radius 1 is 0.774 bits per heavy atom. The number of carbonyl (C=O) groups is 4. The van der Waals surface area contributed by atoms with Crippen molar-refractivity contribution in [2.24, 2.45) is 11.5 Å². The Bertz CT molecular complexity index is 855. The Morgan fingerprint density at radius 3 is 1.48 bits per heavy atom. The van der Waals surface area contributed by atoms with Gasteiger partial charge in [0.15, 0.2) is 0 Å². The molecule has 0 aliphatic rings. The largest absolute Gasteiger partial charge is 0.383 e. The SMILES string of the molecule is COCCN(CC(=O)Nc1ccc(C(N)=O)cc1)CC(=O)Nc1ccc(C(N)=O)cc1. The normalized spacial score (nSPS) is 10.5. The predicted molar refractivity (Wildman–Crippen MR) is 115 cm³/mol. The zero-order valence-corrected chi connectivity index (χ0v) is 17.1. The molecule has 0 aliphatic carbocycles. The van der Waals surface area contributed by atoms with E-state index < -0.39 is 11.8 Å². The molecule has 0 aliphatic heterocycles. The van der Waals surface area contributed by atoms with Crippen LogP contribution >= 0.6 is 0 Å². The molecule has 10 nitrogen and oxygen atoms in total. The van der Waals surface area contributed by atoms with Gasteiger partial charge in [-0.1, -0.05) is 0 Å². The topological polar surface area (TPSA) is 157 Å². The average molecular weight is 427 g/mol. The standard InChI is InChI=1S/C21H25N5O5/c1-31-11-10-26(12-18(27)24-16-6-2-14(3-7-16)20(22)29)13-19(28)25-17-8-4-15(5-9-17)21(23)30/h2-9H,10-13H2,1H3,(H2,22,29)(H2,23,30)(H,24,27)(H,25,28). The Hall–Kier alpha value is -3.76. The van der Waals surface area contributed by atoms with E-state index in [9.17, 15) is 19.2 Å². The van der Waals surface area contributed by atoms with Gasteiger partial charge in [0.05, 0.1) is 19.7 Å². The van der Waals surface area contributed by atoms with Crippen LogP contribution in [0.3, 0.4) is 0 Å². The minimum Gasteiger partial charge on any atom is -0.383 e. The van der Waals surface area contributed by atoms with E-state index in [1.54, 1.807) is 29.2 Å². The fraction of sp³-hybridized carbons (Fsp3) is 0.238. The van der Waals surface area contributed by atoms with Gasteiger partial charge in [0, 0.05) is 36.2 Å². The summed E-state index contributed by atoms with van der Waals surface area (Å²) in [6, 6.07) is 12.3. The molecule has 0 unspecified atom stereocenters. The predicted octanol–water partition coefficient (Wildman–Crippen LogP) is 0.410. The van der Waals surface area contributed by atoms with Crippen molar-refractivity contribution in [2.45, 2.75) is 0 Å². The molecule has 0 saturated carbocycles. The molecule has 0 bridgehead atoms. The summed E-state index contributed by atoms with van der Waals surface area (Å²) >= 11 is 0. The fourth-order valence-corrected chi connectivity index (χ4v) is 2.68. The first-order chi connectivity index (χ1) is 14.8. The minimum absolute atomic E-state index is 0.0467. The Balaban J connectivity index is 1.93. The van der Waals surface area contributed by atoms with Crippen LogP contribution in [-0.4, -0.2) is 61.9 Å². The lowest BCUT2D eigenvalue weighted by Crippen LogP contribution is -2.40. The van der Waals surface area contributed by atoms with E-state index in [2.05, 4.69) is 10.6 Å². The van der Waals surface area contributed by atoms with Crippen molar-refractivity contribution < 1.29 is 23.9 Å². The van der Waals surface area contributed by atoms with E-state index in [4.69, 9.17) is 16.2 Å². The highest BCUT2D eigenvalue weighted by molar-refractivity contribution is 5.97. The van der Waals surface area contributed by atoms with Crippen molar-refractivity contribution in [1.29, 1.82) is 0 Å². The summed E-state index contributed by atoms with van der Waals surface area (Å²) in [5.74, 6) is -1.78. The van der Waals surface area contributed by atoms with E-state index in [1.807, 2.05) is 0 Å². The number of amides is 4. The monoisotopic (exact) mass is 427 g/mol. The maximum absolute atomic E-state index is 12.4. The number of methoxy groups -OCH3 is 1. The quantitative estimate of drug-likeness (QED) is 0.407. The van der Waals surface area contributed by atoms with E-state index in [0.717, 1.165) is 0 Å². The van der Waals surface area contributed by atoms with Crippen molar-refractivity contribution in [3.05, 3.63) is 59.7 Å². The highest BCUT2D eigenvalue weighted by Gasteiger charge is 2.15. The lowest BCUT2D eigenvalue weighted by atomic mass is 10.2. The van der Waals surface area contributed by atoms with Gasteiger partial charge in [0.2, 0.25) is 23.6 Å². The molecule has 10 heteroatoms. The van der Waals surface area contributed by atoms with Gasteiger partial charge in [-0.2, -0.15) is 0 Å². The number of carbonyl (C=O) groups excluding carboxylic acids is 4. The van der Waals surface area contributed by atoms with Crippen molar-refractivity contribution in [2.75, 3.05) is 44.0 Å². The van der Waals surface area contributed by atoms with Gasteiger partial charge < -0.3 is 26.8 Å². The first-order valence-corrected chi connectivity index (χ1v) is 9.39. The molecule has 2 aromatic carbocycles. The van der Waals surface area contributed by atoms with Crippen molar-refractivity contribution in [1.82, 2.24) is 4.90 Å². The van der Waals surface area contributed by atoms with Crippen LogP contribution in [0.2, 0.25) is 0 Å². The zero-order chi connectivity index (χ0) is 22.8. The fourth-order valence-electron chi connectivity index (χ4n) is 2.68. The molecule has 4 amide bonds. The second kappa shape index (κ2) is 11.4. The van der Waals surface area contributed by atoms with E-state index in [0.29, 0.717) is 35.7 Å². The average Bonchev–Trinajstić information content (AvgIpc) is 2.72. The Labute approximate surface area is 179 Å². The molecular formula is C21H25N5O5. The first-order valence-electron chi connectivity index (χ1n) is 9.39. The van der Waals surface area contributed by atoms with Gasteiger partial charge in [-0.05, 0) is 48.5 Å². The maximum Gasteiger partial charge on any atom is 0.248 e. The van der Waals surface area contributed by atoms with E-state index >= 15 is 0 Å². The minimum atomic E-state index is -0.557. The summed E-state index contributed by atoms with van der Waals surface area (Å²) in [5.41, 5.74) is 12.1. The number of ether oxygens (including phenoxy) is 1. The number of hydrogen-bond donors (Lipinski definition) is 4. The lowest BCUT2D eigenvalue weighted by Gasteiger charge is -2.21. The summed E-state index contributed by atoms with van der Waals surface area (Å²) in [4.78, 5) is 48.6. The highest BCUT2D eigenvalue weighted by Crippen LogP contribution is 2.10. The third kappa shape index (κ3) is 7.88. The number of rotatable bonds is 11. The summed E-state index contributed by atoms with van der Waals surface area (Å²) in [6.07, 6.45) is 0. The number of nitrogens with zero attached hydrogens (tertiary/aromatic N) is 1. The van der Waals surface area contributed by atoms with Gasteiger partial charge in [-0.25, -0.2) is 0 Å². The molecule has 0 fully saturated rings. The smallest absolute Gasteiger partial charge is 0.248 e. The van der Waals surface area contributed by atoms with Crippen LogP contribution in [0.4, 0.5) is 11.4 Å². The summed E-state index contributed by atoms with van der Waals surface area (Å²) in [7, 11) is 1.53. The van der Waals surface area contributed by atoms with E-state index in [1.165, 1.54) is 31.4 Å². The summed E-state index contributed by atoms with van der Waals surface area (Å²) in [6.45, 7) is 0.601. The first kappa shape index (κ1) is 23.5. The molecular weight excluding hydrogens is 402 g/mol. The van der Waals surface area contributed by atoms with Crippen LogP contribution < -0.4 is 22.1 Å². The molecule has 164 valence electrons. The van der Waals surface area contributed by atoms with Crippen molar-refractivity contribution in [3.8, 4) is 0 Å². The molecule has 0 atom stereocenters. The van der Waals surface area contributed by atoms with Crippen LogP contribution in [0, 0.1) is 0 Å². The number of anilines is 2. The third-order valence-corrected chi connectivity index (χ3v) is 4.25. The maximum atomic E-state index is 12.4. The number of hydrogen-bond acceptors (Lipinski definition) is 6. The van der Waals surface area contributed by atoms with Gasteiger partial charge in [-0.15, -0.1) is 0 Å². The number of benzene rings is 2. The summed E-state index contributed by atoms with van der Waals surface area (Å²) < 4.78 is 5.05. The van der Waals surface area contributed by atoms with Gasteiger partial charge in [0.25, 0.3) is 0 Å². The third-order valence-electron chi connectivity index (χ3n) is 4.25. The lowest BCUT2D eigenvalue weighted by molar-refractivity contribution is -0.120. The molecule has 0 heterocycles. The molecule has 31 heavy (non-hydrogen) atoms. The highest BCUT2D eigenvalue weighted by atomic mass is 16.5. The zero-order valence-electron chi connectivity index (χ0n) is 17.1. The van der Waals surface area contributed by atoms with Crippen LogP contribution in [0.15, 0.2) is 48.5 Å². The second-order valence-electron chi connectivity index (χ2n) is 6.68.